The normalized spacial score (nSPS) is 21.2. The van der Waals surface area contributed by atoms with Crippen molar-refractivity contribution >= 4 is 11.9 Å². The van der Waals surface area contributed by atoms with Crippen molar-refractivity contribution in [3.63, 3.8) is 0 Å². The highest BCUT2D eigenvalue weighted by Gasteiger charge is 2.43. The Bertz CT molecular complexity index is 1900. The Kier molecular flexibility index (Phi) is 9.41. The molecule has 3 aliphatic rings. The number of anilines is 1. The summed E-state index contributed by atoms with van der Waals surface area (Å²) in [7, 11) is 0. The van der Waals surface area contributed by atoms with Gasteiger partial charge in [-0.2, -0.15) is 0 Å². The number of fused-ring (bicyclic) bond motifs is 1. The maximum Gasteiger partial charge on any atom is 0.335 e. The Balaban J connectivity index is 1.24. The van der Waals surface area contributed by atoms with Crippen molar-refractivity contribution in [3.05, 3.63) is 106 Å². The number of benzene rings is 2. The van der Waals surface area contributed by atoms with Gasteiger partial charge in [-0.3, -0.25) is 4.98 Å². The Hall–Kier alpha value is -4.31. The first-order valence-corrected chi connectivity index (χ1v) is 18.0. The Morgan fingerprint density at radius 2 is 1.59 bits per heavy atom. The van der Waals surface area contributed by atoms with Gasteiger partial charge in [0.1, 0.15) is 0 Å². The third-order valence-electron chi connectivity index (χ3n) is 11.1. The summed E-state index contributed by atoms with van der Waals surface area (Å²) in [4.78, 5) is 28.0. The van der Waals surface area contributed by atoms with Crippen molar-refractivity contribution in [1.29, 1.82) is 0 Å². The van der Waals surface area contributed by atoms with Crippen LogP contribution in [0.2, 0.25) is 0 Å². The molecule has 3 heterocycles. The lowest BCUT2D eigenvalue weighted by Gasteiger charge is -2.41. The number of aliphatic hydroxyl groups excluding tert-OH is 1. The summed E-state index contributed by atoms with van der Waals surface area (Å²) in [5.41, 5.74) is 6.21. The molecule has 4 aromatic rings. The number of piperidine rings is 1. The molecule has 2 aliphatic carbocycles. The van der Waals surface area contributed by atoms with E-state index in [4.69, 9.17) is 4.98 Å². The molecule has 1 saturated carbocycles. The summed E-state index contributed by atoms with van der Waals surface area (Å²) in [5, 5.41) is 21.0. The number of aromatic carboxylic acids is 1. The molecular weight excluding hydrogens is 653 g/mol. The fourth-order valence-electron chi connectivity index (χ4n) is 8.43. The summed E-state index contributed by atoms with van der Waals surface area (Å²) in [5.74, 6) is -3.57. The SMILES string of the molecule is Cc1ccc(C(F)c2c(C3CCN(c4ncc(-c5cccc(C(=O)O)c5)cn4)CC3)nc3c(c2C2CCC(F)(F)CC2)C(O)CC(C)(C)C3)cc1. The number of hydrogen-bond donors (Lipinski definition) is 2. The molecule has 1 aliphatic heterocycles. The minimum atomic E-state index is -2.74. The number of aromatic nitrogens is 3. The Labute approximate surface area is 297 Å². The first kappa shape index (κ1) is 35.1. The van der Waals surface area contributed by atoms with Crippen LogP contribution in [0.4, 0.5) is 19.1 Å². The molecule has 10 heteroatoms. The molecule has 51 heavy (non-hydrogen) atoms. The van der Waals surface area contributed by atoms with Gasteiger partial charge in [0.05, 0.1) is 17.4 Å². The summed E-state index contributed by atoms with van der Waals surface area (Å²) < 4.78 is 46.3. The number of pyridine rings is 1. The number of nitrogens with zero attached hydrogens (tertiary/aromatic N) is 4. The van der Waals surface area contributed by atoms with E-state index in [1.807, 2.05) is 25.1 Å². The van der Waals surface area contributed by atoms with Gasteiger partial charge in [0, 0.05) is 66.6 Å². The predicted octanol–water partition coefficient (Wildman–Crippen LogP) is 9.29. The molecule has 2 atom stereocenters. The van der Waals surface area contributed by atoms with Gasteiger partial charge < -0.3 is 15.1 Å². The van der Waals surface area contributed by atoms with Crippen LogP contribution in [0.3, 0.4) is 0 Å². The van der Waals surface area contributed by atoms with E-state index in [-0.39, 0.29) is 48.5 Å². The summed E-state index contributed by atoms with van der Waals surface area (Å²) in [6, 6.07) is 14.0. The van der Waals surface area contributed by atoms with Crippen LogP contribution < -0.4 is 4.90 Å². The lowest BCUT2D eigenvalue weighted by atomic mass is 9.68. The molecule has 0 radical (unpaired) electrons. The number of carboxylic acid groups (broad SMARTS) is 1. The van der Waals surface area contributed by atoms with Crippen molar-refractivity contribution in [1.82, 2.24) is 15.0 Å². The van der Waals surface area contributed by atoms with Crippen molar-refractivity contribution in [3.8, 4) is 11.1 Å². The zero-order valence-electron chi connectivity index (χ0n) is 29.4. The zero-order valence-corrected chi connectivity index (χ0v) is 29.4. The number of carbonyl (C=O) groups is 1. The van der Waals surface area contributed by atoms with Gasteiger partial charge in [-0.1, -0.05) is 55.8 Å². The molecule has 2 unspecified atom stereocenters. The molecule has 1 saturated heterocycles. The third-order valence-corrected chi connectivity index (χ3v) is 11.1. The maximum atomic E-state index is 17.3. The molecule has 2 N–H and O–H groups in total. The van der Waals surface area contributed by atoms with Gasteiger partial charge in [0.25, 0.3) is 0 Å². The van der Waals surface area contributed by atoms with Crippen LogP contribution >= 0.6 is 0 Å². The minimum absolute atomic E-state index is 0.0887. The van der Waals surface area contributed by atoms with Crippen LogP contribution in [-0.4, -0.2) is 50.1 Å². The van der Waals surface area contributed by atoms with Crippen molar-refractivity contribution in [2.24, 2.45) is 5.41 Å². The van der Waals surface area contributed by atoms with E-state index in [2.05, 4.69) is 28.7 Å². The number of aliphatic hydroxyl groups is 1. The Morgan fingerprint density at radius 1 is 0.922 bits per heavy atom. The van der Waals surface area contributed by atoms with Crippen LogP contribution in [0, 0.1) is 12.3 Å². The number of carboxylic acids is 1. The average Bonchev–Trinajstić information content (AvgIpc) is 3.10. The topological polar surface area (TPSA) is 99.4 Å². The molecule has 0 amide bonds. The number of hydrogen-bond acceptors (Lipinski definition) is 6. The van der Waals surface area contributed by atoms with Gasteiger partial charge >= 0.3 is 5.97 Å². The largest absolute Gasteiger partial charge is 0.478 e. The molecule has 7 nitrogen and oxygen atoms in total. The van der Waals surface area contributed by atoms with E-state index in [0.717, 1.165) is 16.8 Å². The number of rotatable bonds is 7. The second-order valence-electron chi connectivity index (χ2n) is 15.6. The van der Waals surface area contributed by atoms with E-state index in [0.29, 0.717) is 78.2 Å². The first-order chi connectivity index (χ1) is 24.3. The number of halogens is 3. The molecule has 2 aromatic heterocycles. The average molecular weight is 699 g/mol. The highest BCUT2D eigenvalue weighted by atomic mass is 19.3. The zero-order chi connectivity index (χ0) is 36.1. The summed E-state index contributed by atoms with van der Waals surface area (Å²) in [6.07, 6.45) is 3.44. The van der Waals surface area contributed by atoms with Crippen LogP contribution in [-0.2, 0) is 6.42 Å². The fraction of sp³-hybridized carbons (Fsp3) is 0.463. The lowest BCUT2D eigenvalue weighted by molar-refractivity contribution is -0.0385. The van der Waals surface area contributed by atoms with E-state index < -0.39 is 24.2 Å². The Morgan fingerprint density at radius 3 is 2.24 bits per heavy atom. The highest BCUT2D eigenvalue weighted by molar-refractivity contribution is 5.89. The molecular formula is C41H45F3N4O3. The van der Waals surface area contributed by atoms with Crippen LogP contribution in [0.15, 0.2) is 60.9 Å². The smallest absolute Gasteiger partial charge is 0.335 e. The molecule has 2 aromatic carbocycles. The minimum Gasteiger partial charge on any atom is -0.478 e. The molecule has 268 valence electrons. The van der Waals surface area contributed by atoms with Crippen molar-refractivity contribution in [2.45, 2.75) is 102 Å². The quantitative estimate of drug-likeness (QED) is 0.199. The van der Waals surface area contributed by atoms with Gasteiger partial charge in [-0.05, 0) is 85.6 Å². The van der Waals surface area contributed by atoms with Gasteiger partial charge in [0.2, 0.25) is 11.9 Å². The molecule has 2 fully saturated rings. The van der Waals surface area contributed by atoms with E-state index >= 15 is 4.39 Å². The van der Waals surface area contributed by atoms with Crippen LogP contribution in [0.25, 0.3) is 11.1 Å². The summed E-state index contributed by atoms with van der Waals surface area (Å²) >= 11 is 0. The van der Waals surface area contributed by atoms with Gasteiger partial charge in [-0.15, -0.1) is 0 Å². The molecule has 0 bridgehead atoms. The fourth-order valence-corrected chi connectivity index (χ4v) is 8.43. The standard InChI is InChI=1S/C41H45F3N4O3/c1-24-7-9-26(10-8-24)36(42)35-33(25-11-15-41(43,44)16-12-25)34-31(20-40(2,3)21-32(34)49)47-37(35)27-13-17-48(18-14-27)39-45-22-30(23-46-39)28-5-4-6-29(19-28)38(50)51/h4-10,19,22-23,25,27,32,36,49H,11-18,20-21H2,1-3H3,(H,50,51). The monoisotopic (exact) mass is 698 g/mol. The molecule has 0 spiro atoms. The van der Waals surface area contributed by atoms with E-state index in [9.17, 15) is 23.8 Å². The predicted molar refractivity (Wildman–Crippen MR) is 190 cm³/mol. The van der Waals surface area contributed by atoms with Crippen LogP contribution in [0.1, 0.15) is 132 Å². The number of aryl methyl sites for hydroxylation is 1. The second-order valence-corrected chi connectivity index (χ2v) is 15.6. The van der Waals surface area contributed by atoms with Gasteiger partial charge in [0.15, 0.2) is 6.17 Å². The molecule has 7 rings (SSSR count). The van der Waals surface area contributed by atoms with Crippen molar-refractivity contribution < 1.29 is 28.2 Å². The van der Waals surface area contributed by atoms with Crippen molar-refractivity contribution in [2.75, 3.05) is 18.0 Å². The van der Waals surface area contributed by atoms with E-state index in [1.165, 1.54) is 0 Å². The van der Waals surface area contributed by atoms with Gasteiger partial charge in [-0.25, -0.2) is 27.9 Å². The lowest BCUT2D eigenvalue weighted by Crippen LogP contribution is -2.36. The number of alkyl halides is 3. The maximum absolute atomic E-state index is 17.3. The van der Waals surface area contributed by atoms with Crippen LogP contribution in [0.5, 0.6) is 0 Å². The summed E-state index contributed by atoms with van der Waals surface area (Å²) in [6.45, 7) is 7.38. The highest BCUT2D eigenvalue weighted by Crippen LogP contribution is 2.52. The second kappa shape index (κ2) is 13.7. The first-order valence-electron chi connectivity index (χ1n) is 18.0. The third kappa shape index (κ3) is 7.25. The van der Waals surface area contributed by atoms with E-state index in [1.54, 1.807) is 42.7 Å².